The molecule has 0 saturated carbocycles. The van der Waals surface area contributed by atoms with Crippen molar-refractivity contribution in [1.82, 2.24) is 5.32 Å². The fourth-order valence-corrected chi connectivity index (χ4v) is 3.38. The summed E-state index contributed by atoms with van der Waals surface area (Å²) in [5.74, 6) is 0.498. The Morgan fingerprint density at radius 3 is 2.07 bits per heavy atom. The molecular weight excluding hydrogens is 368 g/mol. The van der Waals surface area contributed by atoms with Gasteiger partial charge in [0.2, 0.25) is 0 Å². The molecule has 0 aliphatic carbocycles. The quantitative estimate of drug-likeness (QED) is 0.445. The molecule has 0 aromatic heterocycles. The lowest BCUT2D eigenvalue weighted by Crippen LogP contribution is -2.18. The van der Waals surface area contributed by atoms with E-state index in [-0.39, 0.29) is 23.7 Å². The smallest absolute Gasteiger partial charge is 0.127 e. The van der Waals surface area contributed by atoms with Crippen LogP contribution in [0.4, 0.5) is 8.78 Å². The number of benzene rings is 3. The molecule has 3 aromatic rings. The fourth-order valence-electron chi connectivity index (χ4n) is 3.38. The van der Waals surface area contributed by atoms with Crippen molar-refractivity contribution in [1.29, 1.82) is 0 Å². The number of nitrogens with one attached hydrogen (secondary N) is 1. The molecule has 2 nitrogen and oxygen atoms in total. The van der Waals surface area contributed by atoms with E-state index in [9.17, 15) is 8.78 Å². The molecule has 0 aliphatic heterocycles. The van der Waals surface area contributed by atoms with Gasteiger partial charge >= 0.3 is 0 Å². The second-order valence-corrected chi connectivity index (χ2v) is 7.40. The van der Waals surface area contributed by atoms with Crippen LogP contribution in [0, 0.1) is 11.6 Å². The van der Waals surface area contributed by atoms with E-state index in [1.807, 2.05) is 44.2 Å². The van der Waals surface area contributed by atoms with Crippen molar-refractivity contribution < 1.29 is 13.5 Å². The summed E-state index contributed by atoms with van der Waals surface area (Å²) in [5, 5.41) is 3.32. The van der Waals surface area contributed by atoms with Crippen molar-refractivity contribution in [2.75, 3.05) is 6.54 Å². The number of halogens is 2. The van der Waals surface area contributed by atoms with Crippen LogP contribution in [0.5, 0.6) is 5.75 Å². The van der Waals surface area contributed by atoms with Crippen molar-refractivity contribution in [3.8, 4) is 5.75 Å². The first-order valence-electron chi connectivity index (χ1n) is 9.99. The summed E-state index contributed by atoms with van der Waals surface area (Å²) in [5.41, 5.74) is 2.85. The summed E-state index contributed by atoms with van der Waals surface area (Å²) in [6.07, 6.45) is 0.932. The van der Waals surface area contributed by atoms with Gasteiger partial charge in [-0.05, 0) is 68.3 Å². The third kappa shape index (κ3) is 6.13. The zero-order valence-electron chi connectivity index (χ0n) is 16.9. The van der Waals surface area contributed by atoms with Crippen LogP contribution in [-0.4, -0.2) is 12.6 Å². The minimum absolute atomic E-state index is 0.108. The van der Waals surface area contributed by atoms with Crippen LogP contribution >= 0.6 is 0 Å². The number of rotatable bonds is 9. The van der Waals surface area contributed by atoms with Gasteiger partial charge in [0, 0.05) is 18.0 Å². The Morgan fingerprint density at radius 2 is 1.45 bits per heavy atom. The van der Waals surface area contributed by atoms with Crippen LogP contribution in [0.15, 0.2) is 72.8 Å². The minimum Gasteiger partial charge on any atom is -0.491 e. The van der Waals surface area contributed by atoms with Crippen molar-refractivity contribution in [3.63, 3.8) is 0 Å². The predicted molar refractivity (Wildman–Crippen MR) is 113 cm³/mol. The Morgan fingerprint density at radius 1 is 0.828 bits per heavy atom. The zero-order valence-corrected chi connectivity index (χ0v) is 16.9. The number of hydrogen-bond donors (Lipinski definition) is 1. The molecule has 0 heterocycles. The van der Waals surface area contributed by atoms with Crippen molar-refractivity contribution >= 4 is 0 Å². The molecule has 0 amide bonds. The normalized spacial score (nSPS) is 12.2. The first-order chi connectivity index (χ1) is 14.0. The average molecular weight is 395 g/mol. The SMILES string of the molecule is CC(C)Oc1ccc([C@H](CCNCc2ccccc2F)c2ccc(F)cc2)cc1. The van der Waals surface area contributed by atoms with Gasteiger partial charge in [-0.1, -0.05) is 42.5 Å². The van der Waals surface area contributed by atoms with E-state index >= 15 is 0 Å². The van der Waals surface area contributed by atoms with Crippen LogP contribution in [0.25, 0.3) is 0 Å². The maximum Gasteiger partial charge on any atom is 0.127 e. The highest BCUT2D eigenvalue weighted by Gasteiger charge is 2.15. The van der Waals surface area contributed by atoms with Crippen molar-refractivity contribution in [2.24, 2.45) is 0 Å². The maximum absolute atomic E-state index is 13.8. The largest absolute Gasteiger partial charge is 0.491 e. The standard InChI is InChI=1S/C25H27F2NO/c1-18(2)29-23-13-9-20(10-14-23)24(19-7-11-22(26)12-8-19)15-16-28-17-21-5-3-4-6-25(21)27/h3-14,18,24,28H,15-17H2,1-2H3/t24-/m1/s1. The molecule has 0 unspecified atom stereocenters. The van der Waals surface area contributed by atoms with Crippen LogP contribution in [0.1, 0.15) is 42.9 Å². The Kier molecular flexibility index (Phi) is 7.36. The lowest BCUT2D eigenvalue weighted by molar-refractivity contribution is 0.242. The predicted octanol–water partition coefficient (Wildman–Crippen LogP) is 6.06. The van der Waals surface area contributed by atoms with Gasteiger partial charge < -0.3 is 10.1 Å². The van der Waals surface area contributed by atoms with Crippen LogP contribution in [0.2, 0.25) is 0 Å². The first kappa shape index (κ1) is 21.0. The molecule has 0 aliphatic rings. The maximum atomic E-state index is 13.8. The van der Waals surface area contributed by atoms with Crippen LogP contribution in [0.3, 0.4) is 0 Å². The third-order valence-corrected chi connectivity index (χ3v) is 4.81. The van der Waals surface area contributed by atoms with E-state index < -0.39 is 0 Å². The molecule has 1 atom stereocenters. The molecule has 0 bridgehead atoms. The Bertz CT molecular complexity index is 891. The van der Waals surface area contributed by atoms with Gasteiger partial charge in [-0.25, -0.2) is 8.78 Å². The lowest BCUT2D eigenvalue weighted by Gasteiger charge is -2.19. The van der Waals surface area contributed by atoms with Gasteiger partial charge in [0.15, 0.2) is 0 Å². The third-order valence-electron chi connectivity index (χ3n) is 4.81. The highest BCUT2D eigenvalue weighted by Crippen LogP contribution is 2.29. The van der Waals surface area contributed by atoms with Crippen molar-refractivity contribution in [2.45, 2.75) is 38.8 Å². The summed E-state index contributed by atoms with van der Waals surface area (Å²) in [6, 6.07) is 21.5. The highest BCUT2D eigenvalue weighted by atomic mass is 19.1. The van der Waals surface area contributed by atoms with Gasteiger partial charge in [-0.3, -0.25) is 0 Å². The summed E-state index contributed by atoms with van der Waals surface area (Å²) >= 11 is 0. The van der Waals surface area contributed by atoms with Gasteiger partial charge in [0.25, 0.3) is 0 Å². The van der Waals surface area contributed by atoms with Crippen molar-refractivity contribution in [3.05, 3.63) is 101 Å². The Balaban J connectivity index is 1.69. The minimum atomic E-state index is -0.245. The fraction of sp³-hybridized carbons (Fsp3) is 0.280. The molecule has 0 spiro atoms. The van der Waals surface area contributed by atoms with Gasteiger partial charge in [-0.2, -0.15) is 0 Å². The molecule has 0 fully saturated rings. The average Bonchev–Trinajstić information content (AvgIpc) is 2.71. The molecule has 152 valence electrons. The number of hydrogen-bond acceptors (Lipinski definition) is 2. The van der Waals surface area contributed by atoms with Gasteiger partial charge in [0.05, 0.1) is 6.10 Å². The van der Waals surface area contributed by atoms with E-state index in [1.165, 1.54) is 18.2 Å². The molecule has 0 saturated heterocycles. The molecule has 3 rings (SSSR count). The van der Waals surface area contributed by atoms with E-state index in [4.69, 9.17) is 4.74 Å². The van der Waals surface area contributed by atoms with Gasteiger partial charge in [0.1, 0.15) is 17.4 Å². The monoisotopic (exact) mass is 395 g/mol. The molecule has 0 radical (unpaired) electrons. The van der Waals surface area contributed by atoms with E-state index in [1.54, 1.807) is 12.1 Å². The summed E-state index contributed by atoms with van der Waals surface area (Å²) in [7, 11) is 0. The molecule has 1 N–H and O–H groups in total. The summed E-state index contributed by atoms with van der Waals surface area (Å²) < 4.78 is 32.9. The number of ether oxygens (including phenoxy) is 1. The Labute approximate surface area is 171 Å². The van der Waals surface area contributed by atoms with E-state index in [0.717, 1.165) is 23.3 Å². The van der Waals surface area contributed by atoms with E-state index in [0.29, 0.717) is 18.7 Å². The van der Waals surface area contributed by atoms with Crippen LogP contribution in [-0.2, 0) is 6.54 Å². The van der Waals surface area contributed by atoms with E-state index in [2.05, 4.69) is 17.4 Å². The second-order valence-electron chi connectivity index (χ2n) is 7.40. The molecule has 3 aromatic carbocycles. The first-order valence-corrected chi connectivity index (χ1v) is 9.99. The summed E-state index contributed by atoms with van der Waals surface area (Å²) in [4.78, 5) is 0. The zero-order chi connectivity index (χ0) is 20.6. The Hall–Kier alpha value is -2.72. The summed E-state index contributed by atoms with van der Waals surface area (Å²) in [6.45, 7) is 5.18. The van der Waals surface area contributed by atoms with Crippen LogP contribution < -0.4 is 10.1 Å². The topological polar surface area (TPSA) is 21.3 Å². The second kappa shape index (κ2) is 10.2. The molecule has 4 heteroatoms. The van der Waals surface area contributed by atoms with Gasteiger partial charge in [-0.15, -0.1) is 0 Å². The molecule has 29 heavy (non-hydrogen) atoms. The molecular formula is C25H27F2NO. The highest BCUT2D eigenvalue weighted by molar-refractivity contribution is 5.36. The lowest BCUT2D eigenvalue weighted by atomic mass is 9.88.